The van der Waals surface area contributed by atoms with Crippen LogP contribution in [0.3, 0.4) is 0 Å². The molecule has 150 valence electrons. The number of aryl methyl sites for hydroxylation is 3. The molecule has 0 N–H and O–H groups in total. The van der Waals surface area contributed by atoms with E-state index in [2.05, 4.69) is 51.8 Å². The normalized spacial score (nSPS) is 11.6. The number of nitrogens with zero attached hydrogens (tertiary/aromatic N) is 6. The monoisotopic (exact) mass is 416 g/mol. The highest BCUT2D eigenvalue weighted by Gasteiger charge is 2.16. The Kier molecular flexibility index (Phi) is 4.43. The van der Waals surface area contributed by atoms with Crippen LogP contribution in [0.15, 0.2) is 64.8 Å². The molecule has 5 aromatic rings. The summed E-state index contributed by atoms with van der Waals surface area (Å²) >= 11 is 1.59. The molecule has 0 saturated carbocycles. The molecular formula is C22H20N6OS. The van der Waals surface area contributed by atoms with Gasteiger partial charge in [-0.1, -0.05) is 41.6 Å². The van der Waals surface area contributed by atoms with Crippen molar-refractivity contribution in [3.63, 3.8) is 0 Å². The summed E-state index contributed by atoms with van der Waals surface area (Å²) in [5.41, 5.74) is 4.28. The average Bonchev–Trinajstić information content (AvgIpc) is 3.37. The molecule has 2 aromatic carbocycles. The minimum Gasteiger partial charge on any atom is -0.295 e. The van der Waals surface area contributed by atoms with Gasteiger partial charge in [-0.25, -0.2) is 4.98 Å². The number of fused-ring (bicyclic) bond motifs is 3. The van der Waals surface area contributed by atoms with E-state index in [1.54, 1.807) is 23.4 Å². The van der Waals surface area contributed by atoms with Gasteiger partial charge < -0.3 is 0 Å². The molecule has 8 heteroatoms. The lowest BCUT2D eigenvalue weighted by molar-refractivity contribution is 0.857. The van der Waals surface area contributed by atoms with E-state index in [0.29, 0.717) is 16.9 Å². The molecule has 0 amide bonds. The summed E-state index contributed by atoms with van der Waals surface area (Å²) in [5, 5.41) is 10.2. The molecule has 0 fully saturated rings. The van der Waals surface area contributed by atoms with E-state index in [9.17, 15) is 4.79 Å². The number of thioether (sulfide) groups is 1. The molecule has 0 bridgehead atoms. The van der Waals surface area contributed by atoms with Gasteiger partial charge in [0.2, 0.25) is 5.78 Å². The van der Waals surface area contributed by atoms with Crippen molar-refractivity contribution < 1.29 is 0 Å². The molecule has 5 rings (SSSR count). The van der Waals surface area contributed by atoms with Crippen LogP contribution >= 0.6 is 11.8 Å². The maximum absolute atomic E-state index is 12.6. The van der Waals surface area contributed by atoms with Gasteiger partial charge in [0.25, 0.3) is 5.56 Å². The number of benzene rings is 2. The molecule has 30 heavy (non-hydrogen) atoms. The number of rotatable bonds is 4. The second-order valence-corrected chi connectivity index (χ2v) is 8.23. The smallest absolute Gasteiger partial charge is 0.262 e. The first-order valence-electron chi connectivity index (χ1n) is 9.60. The summed E-state index contributed by atoms with van der Waals surface area (Å²) < 4.78 is 5.59. The fourth-order valence-electron chi connectivity index (χ4n) is 3.77. The lowest BCUT2D eigenvalue weighted by Crippen LogP contribution is -2.20. The van der Waals surface area contributed by atoms with Crippen molar-refractivity contribution in [2.24, 2.45) is 7.05 Å². The molecule has 0 unspecified atom stereocenters. The lowest BCUT2D eigenvalue weighted by Gasteiger charge is -2.11. The fraction of sp³-hybridized carbons (Fsp3) is 0.182. The van der Waals surface area contributed by atoms with E-state index < -0.39 is 0 Å². The molecule has 0 spiro atoms. The van der Waals surface area contributed by atoms with E-state index in [1.165, 1.54) is 11.1 Å². The largest absolute Gasteiger partial charge is 0.295 e. The summed E-state index contributed by atoms with van der Waals surface area (Å²) in [6.07, 6.45) is 3.78. The first-order valence-corrected chi connectivity index (χ1v) is 10.6. The summed E-state index contributed by atoms with van der Waals surface area (Å²) in [5.74, 6) is 1.88. The molecule has 7 nitrogen and oxygen atoms in total. The first-order chi connectivity index (χ1) is 14.5. The summed E-state index contributed by atoms with van der Waals surface area (Å²) in [6.45, 7) is 4.20. The van der Waals surface area contributed by atoms with Crippen molar-refractivity contribution >= 4 is 28.4 Å². The van der Waals surface area contributed by atoms with Crippen LogP contribution in [0.5, 0.6) is 0 Å². The van der Waals surface area contributed by atoms with Gasteiger partial charge in [0.1, 0.15) is 5.82 Å². The highest BCUT2D eigenvalue weighted by Crippen LogP contribution is 2.26. The van der Waals surface area contributed by atoms with Gasteiger partial charge in [0.15, 0.2) is 5.16 Å². The van der Waals surface area contributed by atoms with Gasteiger partial charge in [-0.2, -0.15) is 0 Å². The Labute approximate surface area is 177 Å². The second-order valence-electron chi connectivity index (χ2n) is 7.29. The number of aromatic nitrogens is 6. The number of hydrogen-bond acceptors (Lipinski definition) is 5. The molecule has 3 aromatic heterocycles. The van der Waals surface area contributed by atoms with Gasteiger partial charge in [-0.3, -0.25) is 18.3 Å². The Morgan fingerprint density at radius 3 is 2.73 bits per heavy atom. The quantitative estimate of drug-likeness (QED) is 0.418. The molecule has 0 atom stereocenters. The lowest BCUT2D eigenvalue weighted by atomic mass is 10.1. The summed E-state index contributed by atoms with van der Waals surface area (Å²) in [7, 11) is 1.72. The fourth-order valence-corrected chi connectivity index (χ4v) is 4.65. The molecule has 3 heterocycles. The van der Waals surface area contributed by atoms with Gasteiger partial charge in [0, 0.05) is 19.4 Å². The van der Waals surface area contributed by atoms with Crippen molar-refractivity contribution in [3.05, 3.63) is 82.2 Å². The van der Waals surface area contributed by atoms with E-state index in [1.807, 2.05) is 41.1 Å². The van der Waals surface area contributed by atoms with Crippen LogP contribution in [0.2, 0.25) is 0 Å². The summed E-state index contributed by atoms with van der Waals surface area (Å²) in [6, 6.07) is 13.9. The van der Waals surface area contributed by atoms with Gasteiger partial charge in [0.05, 0.1) is 22.3 Å². The van der Waals surface area contributed by atoms with Crippen LogP contribution < -0.4 is 5.56 Å². The van der Waals surface area contributed by atoms with E-state index in [-0.39, 0.29) is 5.56 Å². The van der Waals surface area contributed by atoms with Crippen molar-refractivity contribution in [2.45, 2.75) is 24.8 Å². The molecular weight excluding hydrogens is 396 g/mol. The molecule has 0 aliphatic heterocycles. The van der Waals surface area contributed by atoms with Crippen LogP contribution in [0, 0.1) is 13.8 Å². The standard InChI is InChI=1S/C22H20N6OS/c1-14-8-9-17(15(2)12-14)27-11-10-23-22(27)30-13-19-24-25-21-26(3)20(29)16-6-4-5-7-18(16)28(19)21/h4-12H,13H2,1-3H3. The Morgan fingerprint density at radius 1 is 1.07 bits per heavy atom. The maximum Gasteiger partial charge on any atom is 0.262 e. The van der Waals surface area contributed by atoms with Crippen molar-refractivity contribution in [1.29, 1.82) is 0 Å². The Hall–Kier alpha value is -3.39. The first kappa shape index (κ1) is 18.6. The molecule has 0 aliphatic rings. The van der Waals surface area contributed by atoms with Crippen LogP contribution in [0.4, 0.5) is 0 Å². The van der Waals surface area contributed by atoms with Crippen LogP contribution in [0.1, 0.15) is 17.0 Å². The topological polar surface area (TPSA) is 70.0 Å². The minimum atomic E-state index is -0.0740. The van der Waals surface area contributed by atoms with Crippen molar-refractivity contribution in [2.75, 3.05) is 0 Å². The zero-order valence-electron chi connectivity index (χ0n) is 16.9. The van der Waals surface area contributed by atoms with Crippen LogP contribution in [-0.4, -0.2) is 28.7 Å². The maximum atomic E-state index is 12.6. The van der Waals surface area contributed by atoms with E-state index >= 15 is 0 Å². The Balaban J connectivity index is 1.55. The predicted octanol–water partition coefficient (Wildman–Crippen LogP) is 3.68. The minimum absolute atomic E-state index is 0.0740. The van der Waals surface area contributed by atoms with Gasteiger partial charge in [-0.15, -0.1) is 10.2 Å². The Morgan fingerprint density at radius 2 is 1.90 bits per heavy atom. The van der Waals surface area contributed by atoms with E-state index in [0.717, 1.165) is 22.2 Å². The number of imidazole rings is 1. The molecule has 0 aliphatic carbocycles. The third-order valence-corrected chi connectivity index (χ3v) is 6.20. The van der Waals surface area contributed by atoms with Crippen molar-refractivity contribution in [1.82, 2.24) is 28.7 Å². The number of para-hydroxylation sites is 1. The SMILES string of the molecule is Cc1ccc(-n2ccnc2SCc2nnc3n(C)c(=O)c4ccccc4n23)c(C)c1. The third-order valence-electron chi connectivity index (χ3n) is 5.24. The van der Waals surface area contributed by atoms with Crippen molar-refractivity contribution in [3.8, 4) is 5.69 Å². The van der Waals surface area contributed by atoms with E-state index in [4.69, 9.17) is 0 Å². The highest BCUT2D eigenvalue weighted by molar-refractivity contribution is 7.98. The average molecular weight is 417 g/mol. The highest BCUT2D eigenvalue weighted by atomic mass is 32.2. The third kappa shape index (κ3) is 2.91. The van der Waals surface area contributed by atoms with Gasteiger partial charge >= 0.3 is 0 Å². The number of hydrogen-bond donors (Lipinski definition) is 0. The summed E-state index contributed by atoms with van der Waals surface area (Å²) in [4.78, 5) is 17.2. The molecule has 0 saturated heterocycles. The Bertz CT molecular complexity index is 1460. The zero-order chi connectivity index (χ0) is 20.8. The van der Waals surface area contributed by atoms with Gasteiger partial charge in [-0.05, 0) is 37.6 Å². The van der Waals surface area contributed by atoms with Crippen LogP contribution in [0.25, 0.3) is 22.4 Å². The second kappa shape index (κ2) is 7.14. The molecule has 0 radical (unpaired) electrons. The zero-order valence-corrected chi connectivity index (χ0v) is 17.7. The van der Waals surface area contributed by atoms with Crippen LogP contribution in [-0.2, 0) is 12.8 Å². The predicted molar refractivity (Wildman–Crippen MR) is 118 cm³/mol.